The number of ketones is 1. The van der Waals surface area contributed by atoms with E-state index in [9.17, 15) is 14.0 Å². The molecule has 0 bridgehead atoms. The van der Waals surface area contributed by atoms with Gasteiger partial charge in [0.15, 0.2) is 5.78 Å². The molecule has 0 fully saturated rings. The number of carbonyl (C=O) groups is 2. The monoisotopic (exact) mass is 290 g/mol. The Kier molecular flexibility index (Phi) is 4.40. The number of nitrogens with zero attached hydrogens (tertiary/aromatic N) is 1. The molecule has 21 heavy (non-hydrogen) atoms. The highest BCUT2D eigenvalue weighted by Crippen LogP contribution is 2.17. The van der Waals surface area contributed by atoms with Crippen molar-refractivity contribution in [3.8, 4) is 0 Å². The first-order valence-electron chi connectivity index (χ1n) is 6.92. The Balaban J connectivity index is 2.13. The van der Waals surface area contributed by atoms with Crippen LogP contribution in [0.5, 0.6) is 0 Å². The first-order chi connectivity index (χ1) is 9.88. The number of nitrogens with one attached hydrogen (secondary N) is 1. The fraction of sp³-hybridized carbons (Fsp3) is 0.375. The summed E-state index contributed by atoms with van der Waals surface area (Å²) in [6.45, 7) is 5.35. The minimum atomic E-state index is -0.475. The van der Waals surface area contributed by atoms with Crippen molar-refractivity contribution in [2.45, 2.75) is 33.4 Å². The lowest BCUT2D eigenvalue weighted by molar-refractivity contribution is -0.128. The Bertz CT molecular complexity index is 676. The van der Waals surface area contributed by atoms with Crippen LogP contribution in [0.15, 0.2) is 30.5 Å². The molecule has 4 nitrogen and oxygen atoms in total. The van der Waals surface area contributed by atoms with Crippen LogP contribution >= 0.6 is 0 Å². The Morgan fingerprint density at radius 2 is 2.00 bits per heavy atom. The molecule has 2 aromatic rings. The van der Waals surface area contributed by atoms with Crippen molar-refractivity contribution < 1.29 is 14.0 Å². The second-order valence-electron chi connectivity index (χ2n) is 5.55. The summed E-state index contributed by atoms with van der Waals surface area (Å²) in [5, 5.41) is 3.49. The molecule has 1 aromatic carbocycles. The zero-order valence-electron chi connectivity index (χ0n) is 12.4. The molecule has 0 aliphatic rings. The van der Waals surface area contributed by atoms with Crippen LogP contribution in [0, 0.1) is 11.7 Å². The van der Waals surface area contributed by atoms with Gasteiger partial charge in [0.2, 0.25) is 5.91 Å². The Labute approximate surface area is 122 Å². The fourth-order valence-corrected chi connectivity index (χ4v) is 2.42. The van der Waals surface area contributed by atoms with Gasteiger partial charge in [0.05, 0.1) is 6.04 Å². The van der Waals surface area contributed by atoms with Gasteiger partial charge in [-0.15, -0.1) is 0 Å². The highest BCUT2D eigenvalue weighted by atomic mass is 19.1. The topological polar surface area (TPSA) is 51.1 Å². The molecule has 1 heterocycles. The van der Waals surface area contributed by atoms with Crippen molar-refractivity contribution in [2.24, 2.45) is 5.92 Å². The van der Waals surface area contributed by atoms with E-state index in [1.165, 1.54) is 19.1 Å². The molecule has 2 rings (SSSR count). The van der Waals surface area contributed by atoms with Gasteiger partial charge in [-0.05, 0) is 37.1 Å². The summed E-state index contributed by atoms with van der Waals surface area (Å²) in [6.07, 6.45) is 1.74. The Morgan fingerprint density at radius 3 is 2.62 bits per heavy atom. The number of amides is 1. The van der Waals surface area contributed by atoms with E-state index in [0.717, 1.165) is 10.9 Å². The van der Waals surface area contributed by atoms with E-state index in [-0.39, 0.29) is 30.0 Å². The van der Waals surface area contributed by atoms with Crippen LogP contribution in [0.4, 0.5) is 4.39 Å². The summed E-state index contributed by atoms with van der Waals surface area (Å²) >= 11 is 0. The molecule has 1 unspecified atom stereocenters. The minimum Gasteiger partial charge on any atom is -0.344 e. The predicted molar refractivity (Wildman–Crippen MR) is 79.3 cm³/mol. The number of carbonyl (C=O) groups excluding carboxylic acids is 2. The molecular formula is C16H19FN2O2. The number of aromatic nitrogens is 1. The lowest BCUT2D eigenvalue weighted by atomic mass is 10.0. The van der Waals surface area contributed by atoms with Gasteiger partial charge in [0, 0.05) is 17.1 Å². The highest BCUT2D eigenvalue weighted by molar-refractivity contribution is 5.88. The maximum absolute atomic E-state index is 13.1. The molecule has 0 spiro atoms. The van der Waals surface area contributed by atoms with E-state index in [4.69, 9.17) is 0 Å². The van der Waals surface area contributed by atoms with Gasteiger partial charge in [-0.1, -0.05) is 13.8 Å². The van der Waals surface area contributed by atoms with E-state index in [1.54, 1.807) is 22.9 Å². The van der Waals surface area contributed by atoms with Crippen LogP contribution in [-0.4, -0.2) is 22.3 Å². The summed E-state index contributed by atoms with van der Waals surface area (Å²) in [5.41, 5.74) is 0.787. The summed E-state index contributed by atoms with van der Waals surface area (Å²) in [7, 11) is 0. The Morgan fingerprint density at radius 1 is 1.29 bits per heavy atom. The number of halogens is 1. The highest BCUT2D eigenvalue weighted by Gasteiger charge is 2.20. The molecular weight excluding hydrogens is 271 g/mol. The summed E-state index contributed by atoms with van der Waals surface area (Å²) in [4.78, 5) is 23.6. The lowest BCUT2D eigenvalue weighted by Crippen LogP contribution is -2.44. The van der Waals surface area contributed by atoms with Crippen molar-refractivity contribution >= 4 is 22.6 Å². The van der Waals surface area contributed by atoms with Gasteiger partial charge >= 0.3 is 0 Å². The zero-order chi connectivity index (χ0) is 15.6. The van der Waals surface area contributed by atoms with Crippen molar-refractivity contribution in [3.05, 3.63) is 36.3 Å². The van der Waals surface area contributed by atoms with Gasteiger partial charge < -0.3 is 9.88 Å². The van der Waals surface area contributed by atoms with Crippen molar-refractivity contribution in [2.75, 3.05) is 0 Å². The number of Topliss-reactive ketones (excluding diaryl/α,β-unsaturated/α-hetero) is 1. The van der Waals surface area contributed by atoms with Gasteiger partial charge in [0.25, 0.3) is 0 Å². The molecule has 0 aliphatic carbocycles. The van der Waals surface area contributed by atoms with Crippen molar-refractivity contribution in [1.82, 2.24) is 9.88 Å². The maximum atomic E-state index is 13.1. The third-order valence-corrected chi connectivity index (χ3v) is 3.47. The smallest absolute Gasteiger partial charge is 0.240 e. The number of hydrogen-bond acceptors (Lipinski definition) is 2. The second kappa shape index (κ2) is 6.08. The lowest BCUT2D eigenvalue weighted by Gasteiger charge is -2.19. The molecule has 0 saturated heterocycles. The van der Waals surface area contributed by atoms with E-state index in [0.29, 0.717) is 0 Å². The van der Waals surface area contributed by atoms with Crippen molar-refractivity contribution in [1.29, 1.82) is 0 Å². The van der Waals surface area contributed by atoms with E-state index in [2.05, 4.69) is 5.32 Å². The maximum Gasteiger partial charge on any atom is 0.240 e. The SMILES string of the molecule is CC(=O)C(NC(=O)Cn1ccc2cc(F)ccc21)C(C)C. The minimum absolute atomic E-state index is 0.0435. The van der Waals surface area contributed by atoms with E-state index in [1.807, 2.05) is 13.8 Å². The molecule has 0 aliphatic heterocycles. The molecule has 1 N–H and O–H groups in total. The first kappa shape index (κ1) is 15.2. The van der Waals surface area contributed by atoms with Gasteiger partial charge in [0.1, 0.15) is 12.4 Å². The average molecular weight is 290 g/mol. The quantitative estimate of drug-likeness (QED) is 0.920. The van der Waals surface area contributed by atoms with Crippen LogP contribution in [0.3, 0.4) is 0 Å². The summed E-state index contributed by atoms with van der Waals surface area (Å²) in [6, 6.07) is 5.72. The molecule has 5 heteroatoms. The third kappa shape index (κ3) is 3.48. The van der Waals surface area contributed by atoms with E-state index < -0.39 is 6.04 Å². The molecule has 1 amide bonds. The van der Waals surface area contributed by atoms with Gasteiger partial charge in [-0.2, -0.15) is 0 Å². The van der Waals surface area contributed by atoms with Crippen LogP contribution in [0.2, 0.25) is 0 Å². The summed E-state index contributed by atoms with van der Waals surface area (Å²) in [5.74, 6) is -0.549. The first-order valence-corrected chi connectivity index (χ1v) is 6.92. The normalized spacial score (nSPS) is 12.6. The van der Waals surface area contributed by atoms with Crippen LogP contribution in [0.1, 0.15) is 20.8 Å². The number of fused-ring (bicyclic) bond motifs is 1. The van der Waals surface area contributed by atoms with Crippen LogP contribution < -0.4 is 5.32 Å². The van der Waals surface area contributed by atoms with Gasteiger partial charge in [-0.25, -0.2) is 4.39 Å². The van der Waals surface area contributed by atoms with Crippen LogP contribution in [-0.2, 0) is 16.1 Å². The third-order valence-electron chi connectivity index (χ3n) is 3.47. The van der Waals surface area contributed by atoms with Crippen molar-refractivity contribution in [3.63, 3.8) is 0 Å². The van der Waals surface area contributed by atoms with Gasteiger partial charge in [-0.3, -0.25) is 9.59 Å². The molecule has 1 aromatic heterocycles. The number of hydrogen-bond donors (Lipinski definition) is 1. The predicted octanol–water partition coefficient (Wildman–Crippen LogP) is 2.51. The number of rotatable bonds is 5. The summed E-state index contributed by atoms with van der Waals surface area (Å²) < 4.78 is 14.9. The second-order valence-corrected chi connectivity index (χ2v) is 5.55. The van der Waals surface area contributed by atoms with Crippen LogP contribution in [0.25, 0.3) is 10.9 Å². The fourth-order valence-electron chi connectivity index (χ4n) is 2.42. The average Bonchev–Trinajstić information content (AvgIpc) is 2.77. The molecule has 0 saturated carbocycles. The largest absolute Gasteiger partial charge is 0.344 e. The van der Waals surface area contributed by atoms with E-state index >= 15 is 0 Å². The standard InChI is InChI=1S/C16H19FN2O2/c1-10(2)16(11(3)20)18-15(21)9-19-7-6-12-8-13(17)4-5-14(12)19/h4-8,10,16H,9H2,1-3H3,(H,18,21). The molecule has 112 valence electrons. The number of benzene rings is 1. The Hall–Kier alpha value is -2.17. The zero-order valence-corrected chi connectivity index (χ0v) is 12.4. The molecule has 0 radical (unpaired) electrons. The molecule has 1 atom stereocenters.